The Morgan fingerprint density at radius 2 is 1.00 bits per heavy atom. The molecule has 4 aromatic rings. The van der Waals surface area contributed by atoms with Gasteiger partial charge in [0.25, 0.3) is 0 Å². The van der Waals surface area contributed by atoms with Crippen molar-refractivity contribution >= 4 is 40.5 Å². The third-order valence-corrected chi connectivity index (χ3v) is 13.2. The Hall–Kier alpha value is -2.73. The predicted molar refractivity (Wildman–Crippen MR) is 138 cm³/mol. The van der Waals surface area contributed by atoms with Crippen LogP contribution in [0.25, 0.3) is 0 Å². The van der Waals surface area contributed by atoms with Crippen molar-refractivity contribution < 1.29 is 23.5 Å². The minimum atomic E-state index is -4.11. The summed E-state index contributed by atoms with van der Waals surface area (Å²) in [4.78, 5) is -0.0693. The maximum atomic E-state index is 13.1. The van der Waals surface area contributed by atoms with Crippen LogP contribution in [-0.2, 0) is 22.7 Å². The van der Waals surface area contributed by atoms with Gasteiger partial charge in [0.2, 0.25) is 0 Å². The summed E-state index contributed by atoms with van der Waals surface area (Å²) in [5.74, 6) is 0.000931. The van der Waals surface area contributed by atoms with Crippen molar-refractivity contribution in [1.29, 1.82) is 0 Å². The molecular weight excluding hydrogens is 587 g/mol. The number of rotatable bonds is 8. The van der Waals surface area contributed by atoms with Crippen LogP contribution in [0.3, 0.4) is 0 Å². The van der Waals surface area contributed by atoms with Crippen molar-refractivity contribution in [2.75, 3.05) is 0 Å². The van der Waals surface area contributed by atoms with E-state index in [2.05, 4.69) is 0 Å². The summed E-state index contributed by atoms with van der Waals surface area (Å²) in [7, 11) is -8.15. The summed E-state index contributed by atoms with van der Waals surface area (Å²) in [6, 6.07) is 30.0. The van der Waals surface area contributed by atoms with Crippen molar-refractivity contribution in [3.8, 4) is 5.75 Å². The van der Waals surface area contributed by atoms with Crippen LogP contribution in [0.2, 0.25) is 0 Å². The van der Waals surface area contributed by atoms with E-state index in [9.17, 15) is 16.8 Å². The molecule has 0 radical (unpaired) electrons. The number of aryl methyl sites for hydroxylation is 1. The average Bonchev–Trinajstić information content (AvgIpc) is 2.84. The molecule has 0 aliphatic heterocycles. The van der Waals surface area contributed by atoms with E-state index in [0.717, 1.165) is 12.7 Å². The summed E-state index contributed by atoms with van der Waals surface area (Å²) < 4.78 is 63.8. The van der Waals surface area contributed by atoms with E-state index >= 15 is 0 Å². The van der Waals surface area contributed by atoms with Gasteiger partial charge in [0.05, 0.1) is 0 Å². The van der Waals surface area contributed by atoms with Gasteiger partial charge in [-0.05, 0) is 6.92 Å². The Morgan fingerprint density at radius 1 is 0.559 bits per heavy atom. The van der Waals surface area contributed by atoms with Crippen molar-refractivity contribution in [3.63, 3.8) is 0 Å². The molecule has 0 N–H and O–H groups in total. The SMILES string of the molecule is Cc1ccc(S(=O)(=O)Oc2ccc(S(=O)(=O)OI(c3ccccc3)c3ccccc3)cc2)cc1. The molecule has 9 heteroatoms. The van der Waals surface area contributed by atoms with Crippen molar-refractivity contribution in [2.45, 2.75) is 16.7 Å². The fraction of sp³-hybridized carbons (Fsp3) is 0.0400. The van der Waals surface area contributed by atoms with Gasteiger partial charge in [-0.15, -0.1) is 0 Å². The fourth-order valence-corrected chi connectivity index (χ4v) is 10.8. The van der Waals surface area contributed by atoms with Crippen LogP contribution >= 0.6 is 20.2 Å². The van der Waals surface area contributed by atoms with Gasteiger partial charge in [0.1, 0.15) is 0 Å². The van der Waals surface area contributed by atoms with Crippen molar-refractivity contribution in [1.82, 2.24) is 0 Å². The van der Waals surface area contributed by atoms with Crippen LogP contribution in [0.4, 0.5) is 0 Å². The number of hydrogen-bond donors (Lipinski definition) is 0. The van der Waals surface area contributed by atoms with Crippen LogP contribution in [-0.4, -0.2) is 16.8 Å². The Bertz CT molecular complexity index is 1410. The average molecular weight is 608 g/mol. The van der Waals surface area contributed by atoms with E-state index in [1.807, 2.05) is 67.6 Å². The third-order valence-electron chi connectivity index (χ3n) is 4.64. The van der Waals surface area contributed by atoms with E-state index in [1.54, 1.807) is 12.1 Å². The molecular formula is C25H21IO6S2. The molecule has 4 rings (SSSR count). The molecule has 0 heterocycles. The molecule has 0 aromatic heterocycles. The fourth-order valence-electron chi connectivity index (χ4n) is 2.92. The topological polar surface area (TPSA) is 86.7 Å². The van der Waals surface area contributed by atoms with Gasteiger partial charge in [0.15, 0.2) is 0 Å². The first-order valence-corrected chi connectivity index (χ1v) is 16.0. The van der Waals surface area contributed by atoms with E-state index in [0.29, 0.717) is 0 Å². The van der Waals surface area contributed by atoms with Crippen LogP contribution < -0.4 is 4.18 Å². The summed E-state index contributed by atoms with van der Waals surface area (Å²) >= 11 is -2.77. The monoisotopic (exact) mass is 608 g/mol. The summed E-state index contributed by atoms with van der Waals surface area (Å²) in [5.41, 5.74) is 0.918. The van der Waals surface area contributed by atoms with Crippen LogP contribution in [0, 0.1) is 14.1 Å². The first-order chi connectivity index (χ1) is 16.2. The molecule has 0 unspecified atom stereocenters. The van der Waals surface area contributed by atoms with Crippen LogP contribution in [0.15, 0.2) is 119 Å². The van der Waals surface area contributed by atoms with E-state index in [1.165, 1.54) is 36.4 Å². The maximum absolute atomic E-state index is 13.1. The zero-order valence-corrected chi connectivity index (χ0v) is 21.8. The second-order valence-electron chi connectivity index (χ2n) is 7.18. The van der Waals surface area contributed by atoms with Gasteiger partial charge in [-0.25, -0.2) is 0 Å². The summed E-state index contributed by atoms with van der Waals surface area (Å²) in [6.45, 7) is 1.85. The zero-order chi connectivity index (χ0) is 24.2. The molecule has 0 aliphatic carbocycles. The molecule has 0 fully saturated rings. The van der Waals surface area contributed by atoms with Crippen LogP contribution in [0.1, 0.15) is 5.56 Å². The normalized spacial score (nSPS) is 12.2. The third kappa shape index (κ3) is 5.84. The Balaban J connectivity index is 1.57. The molecule has 6 nitrogen and oxygen atoms in total. The molecule has 34 heavy (non-hydrogen) atoms. The van der Waals surface area contributed by atoms with Gasteiger partial charge >= 0.3 is 201 Å². The van der Waals surface area contributed by atoms with E-state index in [4.69, 9.17) is 6.70 Å². The molecule has 0 saturated carbocycles. The second-order valence-corrected chi connectivity index (χ2v) is 15.2. The molecule has 0 aliphatic rings. The minimum absolute atomic E-state index is 0.000931. The van der Waals surface area contributed by atoms with Gasteiger partial charge in [-0.3, -0.25) is 0 Å². The number of halogens is 1. The summed E-state index contributed by atoms with van der Waals surface area (Å²) in [5, 5.41) is 0. The molecule has 0 amide bonds. The van der Waals surface area contributed by atoms with Crippen molar-refractivity contribution in [2.24, 2.45) is 0 Å². The first kappa shape index (κ1) is 24.4. The molecule has 0 bridgehead atoms. The van der Waals surface area contributed by atoms with Gasteiger partial charge in [-0.1, -0.05) is 0 Å². The van der Waals surface area contributed by atoms with E-state index in [-0.39, 0.29) is 15.5 Å². The Labute approximate surface area is 207 Å². The Kier molecular flexibility index (Phi) is 7.36. The molecule has 0 atom stereocenters. The molecule has 0 spiro atoms. The molecule has 176 valence electrons. The second kappa shape index (κ2) is 10.3. The standard InChI is InChI=1S/C25H21IO6S2/c1-20-12-16-24(17-13-20)33(27,28)31-23-14-18-25(19-15-23)34(29,30)32-26(21-8-4-2-5-9-21)22-10-6-3-7-11-22/h2-19H,1H3. The molecule has 4 aromatic carbocycles. The Morgan fingerprint density at radius 3 is 1.50 bits per heavy atom. The van der Waals surface area contributed by atoms with Crippen LogP contribution in [0.5, 0.6) is 5.75 Å². The van der Waals surface area contributed by atoms with Gasteiger partial charge in [-0.2, -0.15) is 0 Å². The number of hydrogen-bond acceptors (Lipinski definition) is 6. The molecule has 0 saturated heterocycles. The first-order valence-electron chi connectivity index (χ1n) is 10.1. The van der Waals surface area contributed by atoms with Crippen molar-refractivity contribution in [3.05, 3.63) is 122 Å². The zero-order valence-electron chi connectivity index (χ0n) is 18.0. The van der Waals surface area contributed by atoms with Gasteiger partial charge < -0.3 is 0 Å². The summed E-state index contributed by atoms with van der Waals surface area (Å²) in [6.07, 6.45) is 0. The van der Waals surface area contributed by atoms with E-state index < -0.39 is 40.5 Å². The van der Waals surface area contributed by atoms with Gasteiger partial charge in [0, 0.05) is 0 Å². The quantitative estimate of drug-likeness (QED) is 0.191. The predicted octanol–water partition coefficient (Wildman–Crippen LogP) is 5.63. The number of benzene rings is 4.